The monoisotopic (exact) mass is 216 g/mol. The Morgan fingerprint density at radius 1 is 1.64 bits per heavy atom. The van der Waals surface area contributed by atoms with E-state index in [-0.39, 0.29) is 18.2 Å². The largest absolute Gasteiger partial charge is 0.477 e. The molecule has 1 aromatic heterocycles. The predicted octanol–water partition coefficient (Wildman–Crippen LogP) is 0.481. The van der Waals surface area contributed by atoms with E-state index < -0.39 is 0 Å². The van der Waals surface area contributed by atoms with E-state index in [4.69, 9.17) is 16.3 Å². The third-order valence-electron chi connectivity index (χ3n) is 1.47. The smallest absolute Gasteiger partial charge is 0.224 e. The summed E-state index contributed by atoms with van der Waals surface area (Å²) in [6.07, 6.45) is 1.62. The van der Waals surface area contributed by atoms with Crippen molar-refractivity contribution in [3.05, 3.63) is 23.9 Å². The SMILES string of the molecule is CCOc1ncccc1/C(N)=N/N.Cl. The number of amidine groups is 1. The molecule has 5 nitrogen and oxygen atoms in total. The maximum atomic E-state index is 5.53. The normalized spacial score (nSPS) is 10.5. The minimum Gasteiger partial charge on any atom is -0.477 e. The van der Waals surface area contributed by atoms with Crippen molar-refractivity contribution in [2.45, 2.75) is 6.92 Å². The van der Waals surface area contributed by atoms with Crippen LogP contribution in [0.4, 0.5) is 0 Å². The minimum absolute atomic E-state index is 0. The van der Waals surface area contributed by atoms with Crippen molar-refractivity contribution in [1.29, 1.82) is 0 Å². The molecule has 1 aromatic rings. The Labute approximate surface area is 88.6 Å². The summed E-state index contributed by atoms with van der Waals surface area (Å²) in [5, 5.41) is 3.38. The number of hydrazone groups is 1. The van der Waals surface area contributed by atoms with Gasteiger partial charge >= 0.3 is 0 Å². The van der Waals surface area contributed by atoms with Gasteiger partial charge in [0.25, 0.3) is 0 Å². The van der Waals surface area contributed by atoms with E-state index in [0.29, 0.717) is 18.1 Å². The molecule has 0 unspecified atom stereocenters. The fourth-order valence-corrected chi connectivity index (χ4v) is 0.907. The highest BCUT2D eigenvalue weighted by molar-refractivity contribution is 5.99. The Hall–Kier alpha value is -1.49. The number of ether oxygens (including phenoxy) is 1. The predicted molar refractivity (Wildman–Crippen MR) is 57.6 cm³/mol. The summed E-state index contributed by atoms with van der Waals surface area (Å²) >= 11 is 0. The van der Waals surface area contributed by atoms with Gasteiger partial charge in [0, 0.05) is 6.20 Å². The molecule has 0 aliphatic rings. The summed E-state index contributed by atoms with van der Waals surface area (Å²) in [6, 6.07) is 3.50. The molecule has 0 atom stereocenters. The van der Waals surface area contributed by atoms with E-state index in [0.717, 1.165) is 0 Å². The van der Waals surface area contributed by atoms with Crippen LogP contribution < -0.4 is 16.3 Å². The zero-order valence-corrected chi connectivity index (χ0v) is 8.62. The number of halogens is 1. The molecule has 1 heterocycles. The van der Waals surface area contributed by atoms with Crippen LogP contribution in [0.5, 0.6) is 5.88 Å². The molecular weight excluding hydrogens is 204 g/mol. The summed E-state index contributed by atoms with van der Waals surface area (Å²) in [5.74, 6) is 5.72. The lowest BCUT2D eigenvalue weighted by molar-refractivity contribution is 0.326. The first-order valence-corrected chi connectivity index (χ1v) is 3.91. The maximum absolute atomic E-state index is 5.53. The molecule has 0 amide bonds. The molecule has 78 valence electrons. The van der Waals surface area contributed by atoms with Gasteiger partial charge in [-0.05, 0) is 19.1 Å². The van der Waals surface area contributed by atoms with Gasteiger partial charge in [0.2, 0.25) is 5.88 Å². The second-order valence-corrected chi connectivity index (χ2v) is 2.30. The zero-order valence-electron chi connectivity index (χ0n) is 7.80. The molecule has 0 saturated heterocycles. The number of nitrogens with zero attached hydrogens (tertiary/aromatic N) is 2. The van der Waals surface area contributed by atoms with Gasteiger partial charge in [-0.25, -0.2) is 4.98 Å². The average molecular weight is 217 g/mol. The van der Waals surface area contributed by atoms with Crippen molar-refractivity contribution in [3.8, 4) is 5.88 Å². The highest BCUT2D eigenvalue weighted by atomic mass is 35.5. The van der Waals surface area contributed by atoms with Crippen LogP contribution in [0.15, 0.2) is 23.4 Å². The van der Waals surface area contributed by atoms with Gasteiger partial charge in [-0.1, -0.05) is 0 Å². The van der Waals surface area contributed by atoms with E-state index in [2.05, 4.69) is 10.1 Å². The highest BCUT2D eigenvalue weighted by Gasteiger charge is 2.06. The van der Waals surface area contributed by atoms with E-state index in [1.54, 1.807) is 18.3 Å². The molecule has 0 saturated carbocycles. The topological polar surface area (TPSA) is 86.5 Å². The molecule has 0 fully saturated rings. The molecule has 0 aliphatic carbocycles. The number of nitrogens with two attached hydrogens (primary N) is 2. The first kappa shape index (κ1) is 12.5. The maximum Gasteiger partial charge on any atom is 0.224 e. The molecular formula is C8H13ClN4O. The van der Waals surface area contributed by atoms with Crippen molar-refractivity contribution < 1.29 is 4.74 Å². The molecule has 0 spiro atoms. The van der Waals surface area contributed by atoms with Crippen molar-refractivity contribution in [3.63, 3.8) is 0 Å². The van der Waals surface area contributed by atoms with Crippen molar-refractivity contribution >= 4 is 18.2 Å². The standard InChI is InChI=1S/C8H12N4O.ClH/c1-2-13-8-6(7(9)12-10)4-3-5-11-8;/h3-5H,2,10H2,1H3,(H2,9,12);1H. The molecule has 0 bridgehead atoms. The number of pyridine rings is 1. The van der Waals surface area contributed by atoms with Gasteiger partial charge in [0.15, 0.2) is 5.84 Å². The van der Waals surface area contributed by atoms with Crippen LogP contribution in [0.1, 0.15) is 12.5 Å². The fourth-order valence-electron chi connectivity index (χ4n) is 0.907. The Morgan fingerprint density at radius 2 is 2.36 bits per heavy atom. The van der Waals surface area contributed by atoms with E-state index in [1.807, 2.05) is 6.92 Å². The molecule has 1 rings (SSSR count). The van der Waals surface area contributed by atoms with Gasteiger partial charge in [0.05, 0.1) is 12.2 Å². The van der Waals surface area contributed by atoms with Crippen LogP contribution in [0, 0.1) is 0 Å². The highest BCUT2D eigenvalue weighted by Crippen LogP contribution is 2.12. The van der Waals surface area contributed by atoms with Crippen LogP contribution in [0.3, 0.4) is 0 Å². The number of aromatic nitrogens is 1. The Morgan fingerprint density at radius 3 is 2.93 bits per heavy atom. The summed E-state index contributed by atoms with van der Waals surface area (Å²) < 4.78 is 5.23. The van der Waals surface area contributed by atoms with E-state index in [9.17, 15) is 0 Å². The Kier molecular flexibility index (Phi) is 5.40. The Bertz CT molecular complexity index is 316. The van der Waals surface area contributed by atoms with Gasteiger partial charge < -0.3 is 16.3 Å². The minimum atomic E-state index is 0. The number of rotatable bonds is 3. The number of hydrogen-bond donors (Lipinski definition) is 2. The van der Waals surface area contributed by atoms with E-state index >= 15 is 0 Å². The van der Waals surface area contributed by atoms with Gasteiger partial charge in [-0.2, -0.15) is 5.10 Å². The first-order valence-electron chi connectivity index (χ1n) is 3.91. The lowest BCUT2D eigenvalue weighted by Crippen LogP contribution is -2.17. The molecule has 6 heteroatoms. The summed E-state index contributed by atoms with van der Waals surface area (Å²) in [4.78, 5) is 4.00. The molecule has 14 heavy (non-hydrogen) atoms. The first-order chi connectivity index (χ1) is 6.29. The molecule has 0 aliphatic heterocycles. The lowest BCUT2D eigenvalue weighted by atomic mass is 10.2. The Balaban J connectivity index is 0.00000169. The second kappa shape index (κ2) is 6.04. The lowest BCUT2D eigenvalue weighted by Gasteiger charge is -2.06. The van der Waals surface area contributed by atoms with Gasteiger partial charge in [-0.15, -0.1) is 12.4 Å². The quantitative estimate of drug-likeness (QED) is 0.333. The van der Waals surface area contributed by atoms with Crippen LogP contribution in [-0.4, -0.2) is 17.4 Å². The van der Waals surface area contributed by atoms with Crippen molar-refractivity contribution in [1.82, 2.24) is 4.98 Å². The molecule has 0 aromatic carbocycles. The van der Waals surface area contributed by atoms with Crippen LogP contribution in [0.25, 0.3) is 0 Å². The van der Waals surface area contributed by atoms with Crippen molar-refractivity contribution in [2.24, 2.45) is 16.7 Å². The number of hydrogen-bond acceptors (Lipinski definition) is 4. The zero-order chi connectivity index (χ0) is 9.68. The summed E-state index contributed by atoms with van der Waals surface area (Å²) in [5.41, 5.74) is 6.15. The van der Waals surface area contributed by atoms with Crippen LogP contribution >= 0.6 is 12.4 Å². The third kappa shape index (κ3) is 2.77. The van der Waals surface area contributed by atoms with Gasteiger partial charge in [-0.3, -0.25) is 0 Å². The van der Waals surface area contributed by atoms with Crippen molar-refractivity contribution in [2.75, 3.05) is 6.61 Å². The van der Waals surface area contributed by atoms with E-state index in [1.165, 1.54) is 0 Å². The molecule has 4 N–H and O–H groups in total. The second-order valence-electron chi connectivity index (χ2n) is 2.30. The van der Waals surface area contributed by atoms with Gasteiger partial charge in [0.1, 0.15) is 0 Å². The third-order valence-corrected chi connectivity index (χ3v) is 1.47. The van der Waals surface area contributed by atoms with Crippen LogP contribution in [-0.2, 0) is 0 Å². The fraction of sp³-hybridized carbons (Fsp3) is 0.250. The van der Waals surface area contributed by atoms with Crippen LogP contribution in [0.2, 0.25) is 0 Å². The summed E-state index contributed by atoms with van der Waals surface area (Å²) in [6.45, 7) is 2.40. The molecule has 0 radical (unpaired) electrons. The summed E-state index contributed by atoms with van der Waals surface area (Å²) in [7, 11) is 0. The average Bonchev–Trinajstić information content (AvgIpc) is 2.18.